The lowest BCUT2D eigenvalue weighted by Gasteiger charge is -2.25. The minimum absolute atomic E-state index is 0.256. The third kappa shape index (κ3) is 5.37. The Hall–Kier alpha value is -8.21. The summed E-state index contributed by atoms with van der Waals surface area (Å²) in [5, 5.41) is 16.1. The maximum atomic E-state index is 5.30. The molecule has 1 unspecified atom stereocenters. The van der Waals surface area contributed by atoms with Crippen LogP contribution in [0.3, 0.4) is 0 Å². The Morgan fingerprint density at radius 2 is 1.08 bits per heavy atom. The van der Waals surface area contributed by atoms with Crippen LogP contribution in [0.15, 0.2) is 223 Å². The maximum absolute atomic E-state index is 5.30. The van der Waals surface area contributed by atoms with Gasteiger partial charge in [0.05, 0.1) is 33.5 Å². The number of nitrogens with zero attached hydrogens (tertiary/aromatic N) is 3. The second kappa shape index (κ2) is 13.7. The second-order valence-corrected chi connectivity index (χ2v) is 16.4. The number of aliphatic imine (C=N–C) groups is 1. The van der Waals surface area contributed by atoms with Crippen LogP contribution in [0.4, 0.5) is 0 Å². The molecule has 2 aromatic heterocycles. The van der Waals surface area contributed by atoms with Gasteiger partial charge in [0.2, 0.25) is 0 Å². The molecule has 0 radical (unpaired) electrons. The minimum Gasteiger partial charge on any atom is -0.360 e. The third-order valence-corrected chi connectivity index (χ3v) is 12.9. The number of aromatic nitrogens is 2. The number of fused-ring (bicyclic) bond motifs is 10. The lowest BCUT2D eigenvalue weighted by molar-refractivity contribution is 0.665. The summed E-state index contributed by atoms with van der Waals surface area (Å²) < 4.78 is 4.95. The Balaban J connectivity index is 1.03. The van der Waals surface area contributed by atoms with Crippen molar-refractivity contribution >= 4 is 87.3 Å². The first-order valence-corrected chi connectivity index (χ1v) is 21.3. The number of hydrogen-bond donors (Lipinski definition) is 1. The van der Waals surface area contributed by atoms with Crippen molar-refractivity contribution in [3.63, 3.8) is 0 Å². The van der Waals surface area contributed by atoms with Crippen LogP contribution in [0.2, 0.25) is 0 Å². The van der Waals surface area contributed by atoms with Crippen LogP contribution >= 0.6 is 0 Å². The van der Waals surface area contributed by atoms with Crippen molar-refractivity contribution in [1.29, 1.82) is 0 Å². The first kappa shape index (κ1) is 34.6. The van der Waals surface area contributed by atoms with Gasteiger partial charge in [0, 0.05) is 38.3 Å². The number of rotatable bonds is 5. The molecular weight excluding hydrogens is 753 g/mol. The molecule has 0 saturated heterocycles. The molecule has 3 heterocycles. The van der Waals surface area contributed by atoms with Crippen molar-refractivity contribution in [1.82, 2.24) is 14.5 Å². The molecule has 0 spiro atoms. The summed E-state index contributed by atoms with van der Waals surface area (Å²) in [4.78, 5) is 5.30. The van der Waals surface area contributed by atoms with Crippen molar-refractivity contribution in [3.8, 4) is 11.4 Å². The smallest absolute Gasteiger partial charge is 0.145 e. The summed E-state index contributed by atoms with van der Waals surface area (Å²) in [7, 11) is 0. The van der Waals surface area contributed by atoms with Gasteiger partial charge in [0.15, 0.2) is 0 Å². The van der Waals surface area contributed by atoms with E-state index in [1.165, 1.54) is 70.5 Å². The van der Waals surface area contributed by atoms with Crippen molar-refractivity contribution < 1.29 is 0 Å². The van der Waals surface area contributed by atoms with Crippen molar-refractivity contribution in [2.24, 2.45) is 4.99 Å². The van der Waals surface area contributed by atoms with Crippen LogP contribution in [-0.4, -0.2) is 14.8 Å². The molecule has 12 aromatic rings. The van der Waals surface area contributed by atoms with E-state index in [-0.39, 0.29) is 6.17 Å². The Morgan fingerprint density at radius 3 is 1.94 bits per heavy atom. The van der Waals surface area contributed by atoms with Crippen LogP contribution in [-0.2, 0) is 0 Å². The van der Waals surface area contributed by atoms with Gasteiger partial charge in [-0.1, -0.05) is 164 Å². The zero-order chi connectivity index (χ0) is 40.7. The molecule has 0 bridgehead atoms. The monoisotopic (exact) mass is 790 g/mol. The molecule has 10 aromatic carbocycles. The summed E-state index contributed by atoms with van der Waals surface area (Å²) in [5.41, 5.74) is 12.4. The molecule has 0 aliphatic carbocycles. The molecule has 4 heteroatoms. The largest absolute Gasteiger partial charge is 0.360 e. The number of para-hydroxylation sites is 1. The molecule has 0 fully saturated rings. The topological polar surface area (TPSA) is 34.2 Å². The first-order chi connectivity index (χ1) is 30.7. The minimum atomic E-state index is -0.256. The van der Waals surface area contributed by atoms with Crippen molar-refractivity contribution in [2.45, 2.75) is 6.17 Å². The van der Waals surface area contributed by atoms with Crippen LogP contribution in [0.5, 0.6) is 0 Å². The molecule has 62 heavy (non-hydrogen) atoms. The van der Waals surface area contributed by atoms with Gasteiger partial charge in [-0.25, -0.2) is 0 Å². The summed E-state index contributed by atoms with van der Waals surface area (Å²) in [6.45, 7) is 0. The van der Waals surface area contributed by atoms with Crippen LogP contribution < -0.4 is 5.32 Å². The van der Waals surface area contributed by atoms with Gasteiger partial charge >= 0.3 is 0 Å². The SMILES string of the molecule is C1=C(c2ccccc2)NC(c2ccc3c(-n4c5ccccc5c5cc6c7c8ccccc8ccc7n(-c7ccc8ccccc8c7)c6cc54)cccc3c2)N=C1c1ccccc1. The molecule has 4 nitrogen and oxygen atoms in total. The van der Waals surface area contributed by atoms with E-state index in [1.54, 1.807) is 0 Å². The number of allylic oxidation sites excluding steroid dienone is 1. The molecule has 0 saturated carbocycles. The fourth-order valence-corrected chi connectivity index (χ4v) is 10.00. The zero-order valence-corrected chi connectivity index (χ0v) is 33.7. The molecule has 13 rings (SSSR count). The third-order valence-electron chi connectivity index (χ3n) is 12.9. The Kier molecular flexibility index (Phi) is 7.63. The maximum Gasteiger partial charge on any atom is 0.145 e. The lowest BCUT2D eigenvalue weighted by atomic mass is 10.00. The molecule has 1 N–H and O–H groups in total. The van der Waals surface area contributed by atoms with Crippen molar-refractivity contribution in [3.05, 3.63) is 235 Å². The van der Waals surface area contributed by atoms with Gasteiger partial charge in [0.1, 0.15) is 6.17 Å². The highest BCUT2D eigenvalue weighted by Crippen LogP contribution is 2.43. The fraction of sp³-hybridized carbons (Fsp3) is 0.0172. The summed E-state index contributed by atoms with van der Waals surface area (Å²) in [5.74, 6) is 0. The number of benzene rings is 10. The van der Waals surface area contributed by atoms with E-state index in [0.717, 1.165) is 44.9 Å². The summed E-state index contributed by atoms with van der Waals surface area (Å²) in [6.07, 6.45) is 1.91. The predicted octanol–water partition coefficient (Wildman–Crippen LogP) is 14.5. The van der Waals surface area contributed by atoms with E-state index < -0.39 is 0 Å². The first-order valence-electron chi connectivity index (χ1n) is 21.3. The van der Waals surface area contributed by atoms with Gasteiger partial charge in [-0.2, -0.15) is 0 Å². The van der Waals surface area contributed by atoms with Gasteiger partial charge < -0.3 is 14.5 Å². The van der Waals surface area contributed by atoms with Gasteiger partial charge in [0.25, 0.3) is 0 Å². The highest BCUT2D eigenvalue weighted by Gasteiger charge is 2.23. The predicted molar refractivity (Wildman–Crippen MR) is 261 cm³/mol. The van der Waals surface area contributed by atoms with Gasteiger partial charge in [-0.15, -0.1) is 0 Å². The quantitative estimate of drug-likeness (QED) is 0.185. The Labute approximate surface area is 357 Å². The van der Waals surface area contributed by atoms with Crippen LogP contribution in [0.1, 0.15) is 22.9 Å². The normalized spacial score (nSPS) is 14.3. The number of nitrogens with one attached hydrogen (secondary N) is 1. The van der Waals surface area contributed by atoms with Gasteiger partial charge in [-0.3, -0.25) is 4.99 Å². The Bertz CT molecular complexity index is 3830. The van der Waals surface area contributed by atoms with Crippen molar-refractivity contribution in [2.75, 3.05) is 0 Å². The highest BCUT2D eigenvalue weighted by atomic mass is 15.1. The highest BCUT2D eigenvalue weighted by molar-refractivity contribution is 6.25. The fourth-order valence-electron chi connectivity index (χ4n) is 10.00. The molecular formula is C58H38N4. The van der Waals surface area contributed by atoms with Crippen LogP contribution in [0.25, 0.3) is 93.0 Å². The van der Waals surface area contributed by atoms with E-state index in [9.17, 15) is 0 Å². The average Bonchev–Trinajstić information content (AvgIpc) is 3.85. The van der Waals surface area contributed by atoms with E-state index in [4.69, 9.17) is 4.99 Å². The summed E-state index contributed by atoms with van der Waals surface area (Å²) in [6, 6.07) is 77.2. The zero-order valence-electron chi connectivity index (χ0n) is 33.7. The van der Waals surface area contributed by atoms with E-state index in [2.05, 4.69) is 233 Å². The molecule has 0 amide bonds. The standard InChI is InChI=1S/C58H38N4/c1-3-16-39(17-4-1)50-35-51(40-18-5-2-6-19-40)60-58(59-50)43-27-30-45-42(32-43)21-13-25-52(45)62-53-24-12-11-23-47(53)48-34-49-56(36-55(48)62)61(44-29-26-37-14-7-8-20-41(37)33-44)54-31-28-38-15-9-10-22-46(38)57(49)54/h1-36,58-59H. The molecule has 290 valence electrons. The van der Waals surface area contributed by atoms with E-state index in [0.29, 0.717) is 0 Å². The summed E-state index contributed by atoms with van der Waals surface area (Å²) >= 11 is 0. The average molecular weight is 791 g/mol. The molecule has 1 aliphatic heterocycles. The number of hydrogen-bond acceptors (Lipinski definition) is 2. The lowest BCUT2D eigenvalue weighted by Crippen LogP contribution is -2.24. The second-order valence-electron chi connectivity index (χ2n) is 16.4. The Morgan fingerprint density at radius 1 is 0.387 bits per heavy atom. The molecule has 1 atom stereocenters. The van der Waals surface area contributed by atoms with Crippen LogP contribution in [0, 0.1) is 0 Å². The van der Waals surface area contributed by atoms with E-state index in [1.807, 2.05) is 0 Å². The van der Waals surface area contributed by atoms with Gasteiger partial charge in [-0.05, 0) is 98.2 Å². The molecule has 1 aliphatic rings. The van der Waals surface area contributed by atoms with E-state index >= 15 is 0 Å².